The van der Waals surface area contributed by atoms with Crippen LogP contribution in [0.1, 0.15) is 12.5 Å². The lowest BCUT2D eigenvalue weighted by Crippen LogP contribution is -1.78. The molecule has 1 N–H and O–H groups in total. The Balaban J connectivity index is 2.93. The molecule has 0 atom stereocenters. The highest BCUT2D eigenvalue weighted by atomic mass is 32.2. The molecule has 0 aliphatic carbocycles. The standard InChI is InChI=1S/C9H12OS/c1-3-11-9-6-8(10)5-4-7(9)2/h4-6,10H,3H2,1-2H3. The second-order valence-electron chi connectivity index (χ2n) is 2.38. The molecule has 60 valence electrons. The van der Waals surface area contributed by atoms with E-state index in [4.69, 9.17) is 5.11 Å². The van der Waals surface area contributed by atoms with Crippen LogP contribution in [0.4, 0.5) is 0 Å². The molecule has 1 nitrogen and oxygen atoms in total. The molecule has 1 aromatic carbocycles. The summed E-state index contributed by atoms with van der Waals surface area (Å²) in [5.41, 5.74) is 1.23. The molecule has 0 amide bonds. The number of aryl methyl sites for hydroxylation is 1. The Bertz CT molecular complexity index is 245. The molecule has 2 heteroatoms. The van der Waals surface area contributed by atoms with Crippen molar-refractivity contribution in [1.29, 1.82) is 0 Å². The summed E-state index contributed by atoms with van der Waals surface area (Å²) in [6, 6.07) is 5.46. The van der Waals surface area contributed by atoms with Crippen LogP contribution in [0, 0.1) is 6.92 Å². The third-order valence-electron chi connectivity index (χ3n) is 1.47. The third-order valence-corrected chi connectivity index (χ3v) is 2.51. The van der Waals surface area contributed by atoms with E-state index in [1.807, 2.05) is 12.1 Å². The molecule has 0 aromatic heterocycles. The molecule has 0 heterocycles. The van der Waals surface area contributed by atoms with Gasteiger partial charge in [-0.15, -0.1) is 11.8 Å². The van der Waals surface area contributed by atoms with Gasteiger partial charge >= 0.3 is 0 Å². The monoisotopic (exact) mass is 168 g/mol. The van der Waals surface area contributed by atoms with Crippen LogP contribution < -0.4 is 0 Å². The summed E-state index contributed by atoms with van der Waals surface area (Å²) >= 11 is 1.76. The van der Waals surface area contributed by atoms with Crippen LogP contribution in [0.25, 0.3) is 0 Å². The summed E-state index contributed by atoms with van der Waals surface area (Å²) in [6.07, 6.45) is 0. The molecule has 0 radical (unpaired) electrons. The Morgan fingerprint density at radius 2 is 2.18 bits per heavy atom. The second-order valence-corrected chi connectivity index (χ2v) is 3.69. The lowest BCUT2D eigenvalue weighted by Gasteiger charge is -2.02. The van der Waals surface area contributed by atoms with Crippen LogP contribution in [0.5, 0.6) is 5.75 Å². The van der Waals surface area contributed by atoms with Gasteiger partial charge in [-0.1, -0.05) is 13.0 Å². The van der Waals surface area contributed by atoms with Gasteiger partial charge in [0.15, 0.2) is 0 Å². The van der Waals surface area contributed by atoms with Gasteiger partial charge in [-0.25, -0.2) is 0 Å². The highest BCUT2D eigenvalue weighted by Gasteiger charge is 1.97. The first-order chi connectivity index (χ1) is 5.24. The summed E-state index contributed by atoms with van der Waals surface area (Å²) in [7, 11) is 0. The van der Waals surface area contributed by atoms with Gasteiger partial charge in [0.1, 0.15) is 5.75 Å². The average molecular weight is 168 g/mol. The number of phenols is 1. The summed E-state index contributed by atoms with van der Waals surface area (Å²) in [6.45, 7) is 4.16. The van der Waals surface area contributed by atoms with Crippen molar-refractivity contribution in [3.8, 4) is 5.75 Å². The third kappa shape index (κ3) is 2.15. The van der Waals surface area contributed by atoms with E-state index in [0.29, 0.717) is 5.75 Å². The molecule has 11 heavy (non-hydrogen) atoms. The number of rotatable bonds is 2. The van der Waals surface area contributed by atoms with E-state index in [-0.39, 0.29) is 0 Å². The van der Waals surface area contributed by atoms with Crippen molar-refractivity contribution in [2.24, 2.45) is 0 Å². The average Bonchev–Trinajstić information content (AvgIpc) is 1.98. The largest absolute Gasteiger partial charge is 0.508 e. The van der Waals surface area contributed by atoms with Crippen molar-refractivity contribution < 1.29 is 5.11 Å². The maximum Gasteiger partial charge on any atom is 0.116 e. The van der Waals surface area contributed by atoms with Gasteiger partial charge < -0.3 is 5.11 Å². The number of hydrogen-bond donors (Lipinski definition) is 1. The van der Waals surface area contributed by atoms with E-state index in [9.17, 15) is 0 Å². The lowest BCUT2D eigenvalue weighted by atomic mass is 10.2. The predicted octanol–water partition coefficient (Wildman–Crippen LogP) is 2.81. The maximum absolute atomic E-state index is 9.15. The van der Waals surface area contributed by atoms with E-state index >= 15 is 0 Å². The molecule has 0 aliphatic heterocycles. The van der Waals surface area contributed by atoms with Gasteiger partial charge in [0, 0.05) is 4.90 Å². The smallest absolute Gasteiger partial charge is 0.116 e. The maximum atomic E-state index is 9.15. The second kappa shape index (κ2) is 3.67. The molecular formula is C9H12OS. The molecule has 0 fully saturated rings. The van der Waals surface area contributed by atoms with E-state index in [1.165, 1.54) is 10.5 Å². The van der Waals surface area contributed by atoms with E-state index < -0.39 is 0 Å². The summed E-state index contributed by atoms with van der Waals surface area (Å²) < 4.78 is 0. The fourth-order valence-corrected chi connectivity index (χ4v) is 1.71. The number of benzene rings is 1. The van der Waals surface area contributed by atoms with Crippen molar-refractivity contribution >= 4 is 11.8 Å². The predicted molar refractivity (Wildman–Crippen MR) is 49.2 cm³/mol. The van der Waals surface area contributed by atoms with Crippen LogP contribution in [-0.4, -0.2) is 10.9 Å². The molecule has 0 saturated carbocycles. The number of thioether (sulfide) groups is 1. The summed E-state index contributed by atoms with van der Waals surface area (Å²) in [5, 5.41) is 9.15. The van der Waals surface area contributed by atoms with Crippen molar-refractivity contribution in [3.63, 3.8) is 0 Å². The molecule has 0 unspecified atom stereocenters. The van der Waals surface area contributed by atoms with Gasteiger partial charge in [-0.2, -0.15) is 0 Å². The van der Waals surface area contributed by atoms with Crippen LogP contribution >= 0.6 is 11.8 Å². The van der Waals surface area contributed by atoms with Crippen LogP contribution in [0.3, 0.4) is 0 Å². The summed E-state index contributed by atoms with van der Waals surface area (Å²) in [5.74, 6) is 1.40. The minimum atomic E-state index is 0.353. The lowest BCUT2D eigenvalue weighted by molar-refractivity contribution is 0.473. The minimum absolute atomic E-state index is 0.353. The van der Waals surface area contributed by atoms with Crippen molar-refractivity contribution in [3.05, 3.63) is 23.8 Å². The zero-order valence-corrected chi connectivity index (χ0v) is 7.61. The number of phenolic OH excluding ortho intramolecular Hbond substituents is 1. The first kappa shape index (κ1) is 8.47. The first-order valence-corrected chi connectivity index (χ1v) is 4.65. The van der Waals surface area contributed by atoms with Gasteiger partial charge in [-0.3, -0.25) is 0 Å². The molecule has 0 spiro atoms. The van der Waals surface area contributed by atoms with Crippen LogP contribution in [-0.2, 0) is 0 Å². The Morgan fingerprint density at radius 1 is 1.45 bits per heavy atom. The zero-order valence-electron chi connectivity index (χ0n) is 6.79. The summed E-state index contributed by atoms with van der Waals surface area (Å²) in [4.78, 5) is 1.17. The minimum Gasteiger partial charge on any atom is -0.508 e. The fourth-order valence-electron chi connectivity index (χ4n) is 0.900. The molecule has 0 bridgehead atoms. The highest BCUT2D eigenvalue weighted by Crippen LogP contribution is 2.25. The number of aromatic hydroxyl groups is 1. The molecule has 1 rings (SSSR count). The Hall–Kier alpha value is -0.630. The normalized spacial score (nSPS) is 10.0. The topological polar surface area (TPSA) is 20.2 Å². The van der Waals surface area contributed by atoms with E-state index in [1.54, 1.807) is 17.8 Å². The van der Waals surface area contributed by atoms with Crippen molar-refractivity contribution in [2.45, 2.75) is 18.7 Å². The zero-order chi connectivity index (χ0) is 8.27. The highest BCUT2D eigenvalue weighted by molar-refractivity contribution is 7.99. The van der Waals surface area contributed by atoms with Gasteiger partial charge in [0.2, 0.25) is 0 Å². The fraction of sp³-hybridized carbons (Fsp3) is 0.333. The quantitative estimate of drug-likeness (QED) is 0.685. The van der Waals surface area contributed by atoms with Crippen LogP contribution in [0.2, 0.25) is 0 Å². The molecule has 1 aromatic rings. The van der Waals surface area contributed by atoms with Gasteiger partial charge in [-0.05, 0) is 30.4 Å². The first-order valence-electron chi connectivity index (χ1n) is 3.66. The Morgan fingerprint density at radius 3 is 2.82 bits per heavy atom. The van der Waals surface area contributed by atoms with Crippen LogP contribution in [0.15, 0.2) is 23.1 Å². The SMILES string of the molecule is CCSc1cc(O)ccc1C. The Kier molecular flexibility index (Phi) is 2.83. The van der Waals surface area contributed by atoms with Gasteiger partial charge in [0.25, 0.3) is 0 Å². The molecule has 0 aliphatic rings. The van der Waals surface area contributed by atoms with E-state index in [2.05, 4.69) is 13.8 Å². The van der Waals surface area contributed by atoms with Gasteiger partial charge in [0.05, 0.1) is 0 Å². The Labute approximate surface area is 71.4 Å². The van der Waals surface area contributed by atoms with Crippen molar-refractivity contribution in [2.75, 3.05) is 5.75 Å². The molecular weight excluding hydrogens is 156 g/mol. The number of hydrogen-bond acceptors (Lipinski definition) is 2. The molecule has 0 saturated heterocycles. The van der Waals surface area contributed by atoms with E-state index in [0.717, 1.165) is 5.75 Å². The van der Waals surface area contributed by atoms with Crippen molar-refractivity contribution in [1.82, 2.24) is 0 Å².